The first-order chi connectivity index (χ1) is 12.4. The summed E-state index contributed by atoms with van der Waals surface area (Å²) in [6, 6.07) is 7.32. The second-order valence-electron chi connectivity index (χ2n) is 7.24. The van der Waals surface area contributed by atoms with Crippen LogP contribution in [0.2, 0.25) is 5.02 Å². The molecule has 0 radical (unpaired) electrons. The molecule has 4 rings (SSSR count). The summed E-state index contributed by atoms with van der Waals surface area (Å²) in [4.78, 5) is 26.6. The number of hydrogen-bond acceptors (Lipinski definition) is 3. The van der Waals surface area contributed by atoms with Crippen LogP contribution in [-0.4, -0.2) is 44.8 Å². The summed E-state index contributed by atoms with van der Waals surface area (Å²) in [6.45, 7) is 2.61. The summed E-state index contributed by atoms with van der Waals surface area (Å²) in [5.41, 5.74) is 1.13. The molecule has 1 aromatic carbocycles. The minimum Gasteiger partial charge on any atom is -0.481 e. The summed E-state index contributed by atoms with van der Waals surface area (Å²) in [5, 5.41) is 14.6. The van der Waals surface area contributed by atoms with Gasteiger partial charge in [-0.3, -0.25) is 9.59 Å². The Morgan fingerprint density at radius 2 is 2.12 bits per heavy atom. The van der Waals surface area contributed by atoms with Gasteiger partial charge in [-0.1, -0.05) is 30.2 Å². The van der Waals surface area contributed by atoms with Crippen LogP contribution in [0.3, 0.4) is 0 Å². The van der Waals surface area contributed by atoms with E-state index in [-0.39, 0.29) is 18.4 Å². The van der Waals surface area contributed by atoms with Crippen LogP contribution < -0.4 is 0 Å². The van der Waals surface area contributed by atoms with E-state index in [1.54, 1.807) is 21.8 Å². The average molecular weight is 374 g/mol. The second kappa shape index (κ2) is 6.13. The van der Waals surface area contributed by atoms with Crippen molar-refractivity contribution in [3.05, 3.63) is 46.7 Å². The van der Waals surface area contributed by atoms with Crippen molar-refractivity contribution in [1.82, 2.24) is 14.7 Å². The van der Waals surface area contributed by atoms with Gasteiger partial charge in [-0.2, -0.15) is 5.10 Å². The molecule has 1 aliphatic heterocycles. The van der Waals surface area contributed by atoms with Crippen LogP contribution >= 0.6 is 11.6 Å². The molecule has 0 spiro atoms. The maximum Gasteiger partial charge on any atom is 0.311 e. The van der Waals surface area contributed by atoms with Gasteiger partial charge in [0.15, 0.2) is 0 Å². The van der Waals surface area contributed by atoms with E-state index < -0.39 is 11.4 Å². The van der Waals surface area contributed by atoms with Crippen molar-refractivity contribution in [2.75, 3.05) is 13.1 Å². The monoisotopic (exact) mass is 373 g/mol. The Morgan fingerprint density at radius 3 is 2.81 bits per heavy atom. The molecule has 2 fully saturated rings. The quantitative estimate of drug-likeness (QED) is 0.896. The van der Waals surface area contributed by atoms with Crippen LogP contribution in [0.15, 0.2) is 30.5 Å². The summed E-state index contributed by atoms with van der Waals surface area (Å²) in [7, 11) is 0. The van der Waals surface area contributed by atoms with Crippen molar-refractivity contribution in [2.24, 2.45) is 11.3 Å². The third-order valence-corrected chi connectivity index (χ3v) is 6.22. The number of amides is 1. The molecule has 2 aliphatic rings. The molecule has 2 atom stereocenters. The zero-order valence-electron chi connectivity index (χ0n) is 14.5. The number of fused-ring (bicyclic) bond motifs is 1. The maximum atomic E-state index is 13.0. The molecule has 1 saturated carbocycles. The Bertz CT molecular complexity index is 894. The predicted octanol–water partition coefficient (Wildman–Crippen LogP) is 3.16. The number of aliphatic carboxylic acids is 1. The van der Waals surface area contributed by atoms with Crippen LogP contribution in [0.5, 0.6) is 0 Å². The van der Waals surface area contributed by atoms with Crippen LogP contribution in [0, 0.1) is 18.3 Å². The number of nitrogens with zero attached hydrogens (tertiary/aromatic N) is 3. The third kappa shape index (κ3) is 2.43. The van der Waals surface area contributed by atoms with E-state index in [9.17, 15) is 14.7 Å². The molecule has 136 valence electrons. The largest absolute Gasteiger partial charge is 0.481 e. The van der Waals surface area contributed by atoms with Gasteiger partial charge in [0.05, 0.1) is 33.6 Å². The normalized spacial score (nSPS) is 24.7. The second-order valence-corrected chi connectivity index (χ2v) is 7.65. The number of carboxylic acids is 1. The predicted molar refractivity (Wildman–Crippen MR) is 96.6 cm³/mol. The first-order valence-corrected chi connectivity index (χ1v) is 9.14. The number of carbonyl (C=O) groups is 2. The third-order valence-electron chi connectivity index (χ3n) is 5.90. The van der Waals surface area contributed by atoms with E-state index in [1.165, 1.54) is 0 Å². The van der Waals surface area contributed by atoms with Gasteiger partial charge in [-0.15, -0.1) is 0 Å². The summed E-state index contributed by atoms with van der Waals surface area (Å²) >= 11 is 6.24. The Balaban J connectivity index is 1.63. The first kappa shape index (κ1) is 17.1. The van der Waals surface area contributed by atoms with Crippen molar-refractivity contribution in [2.45, 2.75) is 26.2 Å². The molecule has 26 heavy (non-hydrogen) atoms. The van der Waals surface area contributed by atoms with E-state index >= 15 is 0 Å². The molecule has 0 bridgehead atoms. The van der Waals surface area contributed by atoms with Crippen LogP contribution in [0.1, 0.15) is 35.3 Å². The Morgan fingerprint density at radius 1 is 1.35 bits per heavy atom. The molecule has 0 unspecified atom stereocenters. The molecule has 1 N–H and O–H groups in total. The van der Waals surface area contributed by atoms with Gasteiger partial charge in [0.25, 0.3) is 5.91 Å². The number of likely N-dealkylation sites (tertiary alicyclic amines) is 1. The van der Waals surface area contributed by atoms with Crippen LogP contribution in [0.25, 0.3) is 5.69 Å². The Labute approximate surface area is 156 Å². The lowest BCUT2D eigenvalue weighted by molar-refractivity contribution is -0.149. The van der Waals surface area contributed by atoms with Gasteiger partial charge in [0.1, 0.15) is 0 Å². The number of para-hydroxylation sites is 1. The number of carbonyl (C=O) groups excluding carboxylic acids is 1. The van der Waals surface area contributed by atoms with Gasteiger partial charge < -0.3 is 10.0 Å². The smallest absolute Gasteiger partial charge is 0.311 e. The molecule has 7 heteroatoms. The minimum absolute atomic E-state index is 0.0443. The van der Waals surface area contributed by atoms with Crippen LogP contribution in [0.4, 0.5) is 0 Å². The highest BCUT2D eigenvalue weighted by atomic mass is 35.5. The van der Waals surface area contributed by atoms with Gasteiger partial charge in [-0.25, -0.2) is 4.68 Å². The average Bonchev–Trinajstić information content (AvgIpc) is 3.27. The first-order valence-electron chi connectivity index (χ1n) is 8.76. The lowest BCUT2D eigenvalue weighted by Gasteiger charge is -2.23. The van der Waals surface area contributed by atoms with Gasteiger partial charge in [-0.05, 0) is 37.8 Å². The molecule has 1 amide bonds. The van der Waals surface area contributed by atoms with Gasteiger partial charge >= 0.3 is 5.97 Å². The maximum absolute atomic E-state index is 13.0. The number of rotatable bonds is 3. The van der Waals surface area contributed by atoms with E-state index in [0.717, 1.165) is 12.8 Å². The molecule has 1 aliphatic carbocycles. The Kier molecular flexibility index (Phi) is 4.03. The number of benzene rings is 1. The molecular weight excluding hydrogens is 354 g/mol. The summed E-state index contributed by atoms with van der Waals surface area (Å²) in [5.74, 6) is -0.891. The fourth-order valence-corrected chi connectivity index (χ4v) is 4.67. The minimum atomic E-state index is -0.779. The van der Waals surface area contributed by atoms with Crippen molar-refractivity contribution in [1.29, 1.82) is 0 Å². The highest BCUT2D eigenvalue weighted by Crippen LogP contribution is 2.49. The number of carboxylic acid groups (broad SMARTS) is 1. The van der Waals surface area contributed by atoms with Crippen molar-refractivity contribution >= 4 is 23.5 Å². The zero-order chi connectivity index (χ0) is 18.5. The zero-order valence-corrected chi connectivity index (χ0v) is 15.2. The van der Waals surface area contributed by atoms with E-state index in [1.807, 2.05) is 25.1 Å². The fourth-order valence-electron chi connectivity index (χ4n) is 4.45. The summed E-state index contributed by atoms with van der Waals surface area (Å²) in [6.07, 6.45) is 3.98. The molecule has 2 aromatic rings. The molecule has 1 aromatic heterocycles. The fraction of sp³-hybridized carbons (Fsp3) is 0.421. The standard InChI is InChI=1S/C19H20ClN3O3/c1-12-14(9-21-23(12)16-7-3-2-6-15(16)20)17(24)22-10-13-5-4-8-19(13,11-22)18(25)26/h2-3,6-7,9,13H,4-5,8,10-11H2,1H3,(H,25,26)/t13-,19+/m0/s1. The Hall–Kier alpha value is -2.34. The highest BCUT2D eigenvalue weighted by molar-refractivity contribution is 6.32. The van der Waals surface area contributed by atoms with Gasteiger partial charge in [0, 0.05) is 13.1 Å². The lowest BCUT2D eigenvalue weighted by Crippen LogP contribution is -2.37. The molecule has 1 saturated heterocycles. The van der Waals surface area contributed by atoms with Crippen LogP contribution in [-0.2, 0) is 4.79 Å². The summed E-state index contributed by atoms with van der Waals surface area (Å²) < 4.78 is 1.65. The van der Waals surface area contributed by atoms with Crippen molar-refractivity contribution < 1.29 is 14.7 Å². The van der Waals surface area contributed by atoms with Gasteiger partial charge in [0.2, 0.25) is 0 Å². The van der Waals surface area contributed by atoms with E-state index in [4.69, 9.17) is 11.6 Å². The SMILES string of the molecule is Cc1c(C(=O)N2C[C@@H]3CCC[C@@]3(C(=O)O)C2)cnn1-c1ccccc1Cl. The lowest BCUT2D eigenvalue weighted by atomic mass is 9.81. The number of aromatic nitrogens is 2. The molecular formula is C19H20ClN3O3. The molecule has 2 heterocycles. The number of halogens is 1. The topological polar surface area (TPSA) is 75.4 Å². The molecule has 6 nitrogen and oxygen atoms in total. The highest BCUT2D eigenvalue weighted by Gasteiger charge is 2.56. The van der Waals surface area contributed by atoms with E-state index in [2.05, 4.69) is 5.10 Å². The number of hydrogen-bond donors (Lipinski definition) is 1. The van der Waals surface area contributed by atoms with E-state index in [0.29, 0.717) is 34.9 Å². The van der Waals surface area contributed by atoms with Crippen molar-refractivity contribution in [3.8, 4) is 5.69 Å². The van der Waals surface area contributed by atoms with Crippen molar-refractivity contribution in [3.63, 3.8) is 0 Å².